The first-order valence-electron chi connectivity index (χ1n) is 16.9. The Morgan fingerprint density at radius 1 is 0.804 bits per heavy atom. The second kappa shape index (κ2) is 14.9. The van der Waals surface area contributed by atoms with E-state index in [-0.39, 0.29) is 34.2 Å². The molecule has 0 radical (unpaired) electrons. The SMILES string of the molecule is CC(C)C(=O)Nc1nc2c(ncn2[C@@H]2O[C@@H]3COP(=O)(O)OC4[C@@H](COP(=O)(O)OC3[C@@H]2N)O[C@@H](n2cnc3c(=O)[nH]c(NC(=O)C(C)C)nc32)[C@H]4O)c(=O)[nH]1. The Morgan fingerprint density at radius 3 is 1.71 bits per heavy atom. The number of nitrogens with zero attached hydrogens (tertiary/aromatic N) is 6. The predicted molar refractivity (Wildman–Crippen MR) is 186 cm³/mol. The van der Waals surface area contributed by atoms with Gasteiger partial charge in [0.15, 0.2) is 34.8 Å². The zero-order valence-electron chi connectivity index (χ0n) is 29.7. The molecule has 28 heteroatoms. The number of aliphatic hydroxyl groups is 1. The molecule has 3 saturated heterocycles. The van der Waals surface area contributed by atoms with Crippen LogP contribution in [0.5, 0.6) is 0 Å². The molecule has 56 heavy (non-hydrogen) atoms. The summed E-state index contributed by atoms with van der Waals surface area (Å²) < 4.78 is 62.1. The topological polar surface area (TPSA) is 362 Å². The number of nitrogens with two attached hydrogens (primary N) is 1. The van der Waals surface area contributed by atoms with Crippen molar-refractivity contribution in [1.82, 2.24) is 39.0 Å². The van der Waals surface area contributed by atoms with Gasteiger partial charge in [0.25, 0.3) is 11.1 Å². The van der Waals surface area contributed by atoms with Crippen LogP contribution in [0, 0.1) is 11.8 Å². The summed E-state index contributed by atoms with van der Waals surface area (Å²) in [6.07, 6.45) is -8.93. The van der Waals surface area contributed by atoms with Gasteiger partial charge in [0.1, 0.15) is 30.5 Å². The summed E-state index contributed by atoms with van der Waals surface area (Å²) in [6.45, 7) is 4.75. The minimum Gasteiger partial charge on any atom is -0.386 e. The summed E-state index contributed by atoms with van der Waals surface area (Å²) in [5.41, 5.74) is 4.30. The van der Waals surface area contributed by atoms with Gasteiger partial charge in [-0.1, -0.05) is 27.7 Å². The van der Waals surface area contributed by atoms with Crippen LogP contribution >= 0.6 is 15.6 Å². The number of rotatable bonds is 6. The number of hydrogen-bond acceptors (Lipinski definition) is 18. The lowest BCUT2D eigenvalue weighted by molar-refractivity contribution is -0.119. The predicted octanol–water partition coefficient (Wildman–Crippen LogP) is -1.06. The molecule has 0 spiro atoms. The second-order valence-corrected chi connectivity index (χ2v) is 16.4. The number of phosphoric acid groups is 2. The Bertz CT molecular complexity index is 2230. The van der Waals surface area contributed by atoms with E-state index >= 15 is 0 Å². The van der Waals surface area contributed by atoms with Gasteiger partial charge in [-0.25, -0.2) is 19.1 Å². The van der Waals surface area contributed by atoms with Gasteiger partial charge in [-0.2, -0.15) is 9.97 Å². The van der Waals surface area contributed by atoms with Crippen molar-refractivity contribution in [3.05, 3.63) is 33.4 Å². The van der Waals surface area contributed by atoms with E-state index in [2.05, 4.69) is 40.5 Å². The molecule has 2 amide bonds. The number of H-pyrrole nitrogens is 2. The van der Waals surface area contributed by atoms with E-state index < -0.39 is 113 Å². The highest BCUT2D eigenvalue weighted by molar-refractivity contribution is 7.47. The molecule has 7 rings (SSSR count). The van der Waals surface area contributed by atoms with Gasteiger partial charge in [-0.3, -0.25) is 67.0 Å². The van der Waals surface area contributed by atoms with Crippen LogP contribution in [0.2, 0.25) is 0 Å². The van der Waals surface area contributed by atoms with Crippen molar-refractivity contribution < 1.29 is 61.2 Å². The zero-order valence-corrected chi connectivity index (χ0v) is 31.5. The highest BCUT2D eigenvalue weighted by Crippen LogP contribution is 2.53. The van der Waals surface area contributed by atoms with E-state index in [1.165, 1.54) is 4.57 Å². The Hall–Kier alpha value is -4.30. The third-order valence-electron chi connectivity index (χ3n) is 8.96. The molecule has 0 aromatic carbocycles. The van der Waals surface area contributed by atoms with E-state index in [0.29, 0.717) is 0 Å². The molecule has 0 aliphatic carbocycles. The summed E-state index contributed by atoms with van der Waals surface area (Å²) in [5.74, 6) is -2.30. The third kappa shape index (κ3) is 7.70. The standard InChI is InChI=1S/C28H37N11O15P2/c1-9(2)21(41)34-27-32-19-14(23(43)36-27)30-7-38(19)25-13(29)17-11(51-25)5-49-56(47,48)54-18-12(6-50-55(45,46)53-17)52-26(16(18)40)39-8-31-15-20(39)33-28(37-24(15)44)35-22(42)10(3)4/h7-13,16-18,25-26,40H,5-6,29H2,1-4H3,(H,45,46)(H,47,48)(H2,32,34,36,41,43)(H2,33,35,37,42,44)/t11-,12-,13+,16+,17?,18?,25-,26-/m1/s1. The fraction of sp³-hybridized carbons (Fsp3) is 0.571. The third-order valence-corrected chi connectivity index (χ3v) is 10.9. The van der Waals surface area contributed by atoms with Crippen molar-refractivity contribution in [2.45, 2.75) is 76.7 Å². The highest BCUT2D eigenvalue weighted by Gasteiger charge is 2.53. The number of carbonyl (C=O) groups is 2. The summed E-state index contributed by atoms with van der Waals surface area (Å²) >= 11 is 0. The maximum absolute atomic E-state index is 13.4. The number of amides is 2. The average Bonchev–Trinajstić information content (AvgIpc) is 3.87. The quantitative estimate of drug-likeness (QED) is 0.107. The fourth-order valence-corrected chi connectivity index (χ4v) is 8.01. The monoisotopic (exact) mass is 829 g/mol. The van der Waals surface area contributed by atoms with Crippen LogP contribution in [0.4, 0.5) is 11.9 Å². The van der Waals surface area contributed by atoms with Gasteiger partial charge in [-0.15, -0.1) is 0 Å². The molecule has 4 aromatic rings. The Balaban J connectivity index is 1.15. The Kier molecular flexibility index (Phi) is 10.6. The molecular formula is C28H37N11O15P2. The van der Waals surface area contributed by atoms with Crippen molar-refractivity contribution in [3.63, 3.8) is 0 Å². The summed E-state index contributed by atoms with van der Waals surface area (Å²) in [5, 5.41) is 16.3. The summed E-state index contributed by atoms with van der Waals surface area (Å²) in [7, 11) is -10.3. The van der Waals surface area contributed by atoms with Crippen molar-refractivity contribution in [2.24, 2.45) is 17.6 Å². The number of anilines is 2. The molecule has 9 N–H and O–H groups in total. The van der Waals surface area contributed by atoms with Crippen LogP contribution in [0.1, 0.15) is 40.2 Å². The van der Waals surface area contributed by atoms with Gasteiger partial charge >= 0.3 is 15.6 Å². The molecule has 304 valence electrons. The number of imidazole rings is 2. The maximum atomic E-state index is 13.4. The number of aliphatic hydroxyl groups excluding tert-OH is 1. The van der Waals surface area contributed by atoms with Crippen molar-refractivity contribution >= 4 is 61.7 Å². The molecule has 3 aliphatic rings. The van der Waals surface area contributed by atoms with Crippen LogP contribution in [0.3, 0.4) is 0 Å². The second-order valence-electron chi connectivity index (χ2n) is 13.6. The zero-order chi connectivity index (χ0) is 40.4. The molecule has 4 unspecified atom stereocenters. The largest absolute Gasteiger partial charge is 0.472 e. The van der Waals surface area contributed by atoms with Crippen LogP contribution in [-0.2, 0) is 46.3 Å². The first-order chi connectivity index (χ1) is 26.3. The lowest BCUT2D eigenvalue weighted by Crippen LogP contribution is -2.42. The van der Waals surface area contributed by atoms with Crippen LogP contribution < -0.4 is 27.5 Å². The lowest BCUT2D eigenvalue weighted by atomic mass is 10.1. The minimum absolute atomic E-state index is 0.110. The summed E-state index contributed by atoms with van der Waals surface area (Å²) in [4.78, 5) is 93.0. The molecule has 26 nitrogen and oxygen atoms in total. The van der Waals surface area contributed by atoms with E-state index in [0.717, 1.165) is 17.2 Å². The first kappa shape index (κ1) is 39.9. The van der Waals surface area contributed by atoms with Gasteiger partial charge < -0.3 is 30.1 Å². The van der Waals surface area contributed by atoms with Crippen molar-refractivity contribution in [3.8, 4) is 0 Å². The van der Waals surface area contributed by atoms with Crippen LogP contribution in [-0.4, -0.2) is 116 Å². The maximum Gasteiger partial charge on any atom is 0.472 e. The molecule has 10 atom stereocenters. The fourth-order valence-electron chi connectivity index (χ4n) is 6.06. The molecular weight excluding hydrogens is 792 g/mol. The van der Waals surface area contributed by atoms with E-state index in [4.69, 9.17) is 33.3 Å². The number of hydrogen-bond donors (Lipinski definition) is 8. The number of fused-ring (bicyclic) bond motifs is 4. The van der Waals surface area contributed by atoms with E-state index in [9.17, 15) is 43.2 Å². The Labute approximate surface area is 313 Å². The van der Waals surface area contributed by atoms with Crippen LogP contribution in [0.15, 0.2) is 22.2 Å². The van der Waals surface area contributed by atoms with Crippen molar-refractivity contribution in [1.29, 1.82) is 0 Å². The molecule has 0 saturated carbocycles. The molecule has 4 aromatic heterocycles. The van der Waals surface area contributed by atoms with Crippen molar-refractivity contribution in [2.75, 3.05) is 23.8 Å². The summed E-state index contributed by atoms with van der Waals surface area (Å²) in [6, 6.07) is -1.37. The van der Waals surface area contributed by atoms with Gasteiger partial charge in [0.2, 0.25) is 23.7 Å². The molecule has 0 bridgehead atoms. The number of carbonyl (C=O) groups excluding carboxylic acids is 2. The lowest BCUT2D eigenvalue weighted by Gasteiger charge is -2.28. The average molecular weight is 830 g/mol. The van der Waals surface area contributed by atoms with Gasteiger partial charge in [0, 0.05) is 11.8 Å². The number of aromatic amines is 2. The molecule has 3 fully saturated rings. The highest BCUT2D eigenvalue weighted by atomic mass is 31.2. The van der Waals surface area contributed by atoms with E-state index in [1.807, 2.05) is 0 Å². The first-order valence-corrected chi connectivity index (χ1v) is 19.9. The van der Waals surface area contributed by atoms with Crippen LogP contribution in [0.25, 0.3) is 22.3 Å². The van der Waals surface area contributed by atoms with E-state index in [1.54, 1.807) is 27.7 Å². The minimum atomic E-state index is -5.16. The normalized spacial score (nSPS) is 32.6. The Morgan fingerprint density at radius 2 is 1.23 bits per heavy atom. The van der Waals surface area contributed by atoms with Gasteiger partial charge in [-0.05, 0) is 0 Å². The number of ether oxygens (including phenoxy) is 2. The number of nitrogens with one attached hydrogen (secondary N) is 4. The molecule has 7 heterocycles. The number of phosphoric ester groups is 2. The number of aromatic nitrogens is 8. The molecule has 3 aliphatic heterocycles. The smallest absolute Gasteiger partial charge is 0.386 e. The van der Waals surface area contributed by atoms with Gasteiger partial charge in [0.05, 0.1) is 31.9 Å².